The number of rotatable bonds is 10. The third kappa shape index (κ3) is 7.17. The van der Waals surface area contributed by atoms with Gasteiger partial charge in [-0.3, -0.25) is 0 Å². The molecular weight excluding hydrogens is 380 g/mol. The molecule has 0 aliphatic carbocycles. The van der Waals surface area contributed by atoms with E-state index in [1.807, 2.05) is 24.3 Å². The van der Waals surface area contributed by atoms with Crippen molar-refractivity contribution in [1.82, 2.24) is 0 Å². The normalized spacial score (nSPS) is 11.4. The van der Waals surface area contributed by atoms with Crippen molar-refractivity contribution in [3.05, 3.63) is 83.9 Å². The van der Waals surface area contributed by atoms with Gasteiger partial charge in [-0.2, -0.15) is 0 Å². The third-order valence-electron chi connectivity index (χ3n) is 5.44. The molecule has 0 heterocycles. The molecule has 0 atom stereocenters. The summed E-state index contributed by atoms with van der Waals surface area (Å²) in [5.74, 6) is 1.82. The fourth-order valence-corrected chi connectivity index (χ4v) is 3.65. The van der Waals surface area contributed by atoms with Crippen molar-refractivity contribution < 1.29 is 9.47 Å². The Balaban J connectivity index is 1.80. The topological polar surface area (TPSA) is 18.5 Å². The van der Waals surface area contributed by atoms with Crippen molar-refractivity contribution in [1.29, 1.82) is 0 Å². The van der Waals surface area contributed by atoms with Crippen LogP contribution >= 0.6 is 0 Å². The van der Waals surface area contributed by atoms with Crippen molar-refractivity contribution in [3.63, 3.8) is 0 Å². The van der Waals surface area contributed by atoms with E-state index in [1.54, 1.807) is 0 Å². The van der Waals surface area contributed by atoms with Gasteiger partial charge in [0.25, 0.3) is 0 Å². The van der Waals surface area contributed by atoms with Crippen molar-refractivity contribution in [2.45, 2.75) is 60.0 Å². The molecule has 31 heavy (non-hydrogen) atoms. The lowest BCUT2D eigenvalue weighted by Crippen LogP contribution is -2.07. The molecule has 3 aromatic rings. The fourth-order valence-electron chi connectivity index (χ4n) is 3.65. The Labute approximate surface area is 188 Å². The summed E-state index contributed by atoms with van der Waals surface area (Å²) in [5.41, 5.74) is 5.04. The van der Waals surface area contributed by atoms with Crippen LogP contribution in [0.5, 0.6) is 11.5 Å². The molecule has 0 N–H and O–H groups in total. The summed E-state index contributed by atoms with van der Waals surface area (Å²) in [5, 5.41) is 0. The van der Waals surface area contributed by atoms with E-state index in [0.717, 1.165) is 47.6 Å². The Morgan fingerprint density at radius 1 is 0.742 bits per heavy atom. The molecule has 2 nitrogen and oxygen atoms in total. The minimum atomic E-state index is 0.379. The number of aryl methyl sites for hydroxylation is 1. The first-order valence-corrected chi connectivity index (χ1v) is 11.5. The predicted molar refractivity (Wildman–Crippen MR) is 131 cm³/mol. The zero-order chi connectivity index (χ0) is 22.1. The highest BCUT2D eigenvalue weighted by atomic mass is 16.5. The molecule has 0 bridgehead atoms. The van der Waals surface area contributed by atoms with Crippen molar-refractivity contribution >= 4 is 0 Å². The van der Waals surface area contributed by atoms with Crippen LogP contribution < -0.4 is 9.47 Å². The predicted octanol–water partition coefficient (Wildman–Crippen LogP) is 8.09. The summed E-state index contributed by atoms with van der Waals surface area (Å²) in [6, 6.07) is 25.1. The van der Waals surface area contributed by atoms with Crippen LogP contribution in [0.15, 0.2) is 72.8 Å². The second kappa shape index (κ2) is 11.0. The van der Waals surface area contributed by atoms with Gasteiger partial charge >= 0.3 is 0 Å². The molecule has 0 spiro atoms. The number of hydrogen-bond acceptors (Lipinski definition) is 2. The van der Waals surface area contributed by atoms with E-state index in [-0.39, 0.29) is 0 Å². The van der Waals surface area contributed by atoms with Gasteiger partial charge in [0.05, 0.1) is 6.61 Å². The average molecular weight is 417 g/mol. The zero-order valence-corrected chi connectivity index (χ0v) is 19.5. The van der Waals surface area contributed by atoms with Gasteiger partial charge in [-0.15, -0.1) is 0 Å². The summed E-state index contributed by atoms with van der Waals surface area (Å²) in [6.45, 7) is 10.3. The smallest absolute Gasteiger partial charge is 0.131 e. The van der Waals surface area contributed by atoms with E-state index in [4.69, 9.17) is 9.47 Å². The van der Waals surface area contributed by atoms with Gasteiger partial charge in [-0.25, -0.2) is 0 Å². The molecule has 0 aliphatic heterocycles. The molecule has 3 rings (SSSR count). The van der Waals surface area contributed by atoms with Crippen LogP contribution in [-0.2, 0) is 13.0 Å². The summed E-state index contributed by atoms with van der Waals surface area (Å²) in [4.78, 5) is 0. The standard InChI is InChI=1S/C29H36O2/c1-5-24-20-26(25-16-10-7-11-17-25)28(31-22-23-14-8-6-9-15-23)21-27(24)30-19-13-12-18-29(2,3)4/h6-11,14-17,20-21H,5,12-13,18-19,22H2,1-4H3. The van der Waals surface area contributed by atoms with Crippen LogP contribution in [-0.4, -0.2) is 6.61 Å². The van der Waals surface area contributed by atoms with Crippen LogP contribution in [0, 0.1) is 5.41 Å². The second-order valence-corrected chi connectivity index (χ2v) is 9.32. The highest BCUT2D eigenvalue weighted by molar-refractivity contribution is 5.73. The van der Waals surface area contributed by atoms with Gasteiger partial charge in [0.1, 0.15) is 18.1 Å². The Morgan fingerprint density at radius 3 is 2.06 bits per heavy atom. The van der Waals surface area contributed by atoms with E-state index < -0.39 is 0 Å². The zero-order valence-electron chi connectivity index (χ0n) is 19.5. The maximum Gasteiger partial charge on any atom is 0.131 e. The molecule has 0 amide bonds. The van der Waals surface area contributed by atoms with Crippen molar-refractivity contribution in [2.75, 3.05) is 6.61 Å². The summed E-state index contributed by atoms with van der Waals surface area (Å²) in [6.07, 6.45) is 4.40. The van der Waals surface area contributed by atoms with E-state index >= 15 is 0 Å². The molecule has 0 radical (unpaired) electrons. The van der Waals surface area contributed by atoms with E-state index in [2.05, 4.69) is 76.2 Å². The molecule has 0 aromatic heterocycles. The van der Waals surface area contributed by atoms with Gasteiger partial charge in [-0.1, -0.05) is 88.4 Å². The molecule has 2 heteroatoms. The largest absolute Gasteiger partial charge is 0.493 e. The highest BCUT2D eigenvalue weighted by Crippen LogP contribution is 2.37. The molecular formula is C29H36O2. The van der Waals surface area contributed by atoms with Crippen LogP contribution in [0.2, 0.25) is 0 Å². The van der Waals surface area contributed by atoms with Gasteiger partial charge in [0, 0.05) is 11.6 Å². The first-order chi connectivity index (χ1) is 15.0. The quantitative estimate of drug-likeness (QED) is 0.311. The van der Waals surface area contributed by atoms with E-state index in [1.165, 1.54) is 18.4 Å². The average Bonchev–Trinajstić information content (AvgIpc) is 2.78. The van der Waals surface area contributed by atoms with E-state index in [9.17, 15) is 0 Å². The molecule has 0 aliphatic rings. The van der Waals surface area contributed by atoms with Crippen LogP contribution in [0.25, 0.3) is 11.1 Å². The van der Waals surface area contributed by atoms with E-state index in [0.29, 0.717) is 12.0 Å². The van der Waals surface area contributed by atoms with Gasteiger partial charge < -0.3 is 9.47 Å². The summed E-state index contributed by atoms with van der Waals surface area (Å²) in [7, 11) is 0. The molecule has 3 aromatic carbocycles. The first kappa shape index (κ1) is 22.9. The monoisotopic (exact) mass is 416 g/mol. The summed E-state index contributed by atoms with van der Waals surface area (Å²) < 4.78 is 12.6. The maximum absolute atomic E-state index is 6.31. The second-order valence-electron chi connectivity index (χ2n) is 9.32. The number of ether oxygens (including phenoxy) is 2. The van der Waals surface area contributed by atoms with Crippen LogP contribution in [0.3, 0.4) is 0 Å². The lowest BCUT2D eigenvalue weighted by Gasteiger charge is -2.19. The van der Waals surface area contributed by atoms with Crippen molar-refractivity contribution in [2.24, 2.45) is 5.41 Å². The number of hydrogen-bond donors (Lipinski definition) is 0. The highest BCUT2D eigenvalue weighted by Gasteiger charge is 2.14. The van der Waals surface area contributed by atoms with Crippen LogP contribution in [0.1, 0.15) is 58.1 Å². The van der Waals surface area contributed by atoms with Crippen molar-refractivity contribution in [3.8, 4) is 22.6 Å². The molecule has 0 fully saturated rings. The lowest BCUT2D eigenvalue weighted by molar-refractivity contribution is 0.277. The lowest BCUT2D eigenvalue weighted by atomic mass is 9.90. The Hall–Kier alpha value is -2.74. The molecule has 0 saturated heterocycles. The van der Waals surface area contributed by atoms with Crippen LogP contribution in [0.4, 0.5) is 0 Å². The fraction of sp³-hybridized carbons (Fsp3) is 0.379. The Bertz CT molecular complexity index is 924. The molecule has 0 saturated carbocycles. The van der Waals surface area contributed by atoms with Gasteiger partial charge in [0.2, 0.25) is 0 Å². The van der Waals surface area contributed by atoms with Gasteiger partial charge in [-0.05, 0) is 53.9 Å². The minimum Gasteiger partial charge on any atom is -0.493 e. The first-order valence-electron chi connectivity index (χ1n) is 11.5. The molecule has 0 unspecified atom stereocenters. The maximum atomic E-state index is 6.31. The Kier molecular flexibility index (Phi) is 8.17. The number of unbranched alkanes of at least 4 members (excludes halogenated alkanes) is 1. The molecule has 164 valence electrons. The minimum absolute atomic E-state index is 0.379. The number of benzene rings is 3. The third-order valence-corrected chi connectivity index (χ3v) is 5.44. The summed E-state index contributed by atoms with van der Waals surface area (Å²) >= 11 is 0. The Morgan fingerprint density at radius 2 is 1.42 bits per heavy atom. The van der Waals surface area contributed by atoms with Gasteiger partial charge in [0.15, 0.2) is 0 Å². The SMILES string of the molecule is CCc1cc(-c2ccccc2)c(OCc2ccccc2)cc1OCCCCC(C)(C)C.